The summed E-state index contributed by atoms with van der Waals surface area (Å²) in [6.45, 7) is 8.97. The van der Waals surface area contributed by atoms with E-state index in [-0.39, 0.29) is 47.1 Å². The minimum atomic E-state index is -1.45. The van der Waals surface area contributed by atoms with Crippen molar-refractivity contribution in [3.63, 3.8) is 0 Å². The Balaban J connectivity index is 1.14. The number of benzene rings is 1. The van der Waals surface area contributed by atoms with Crippen molar-refractivity contribution in [1.29, 1.82) is 0 Å². The molecular weight excluding hydrogens is 504 g/mol. The van der Waals surface area contributed by atoms with Gasteiger partial charge in [-0.3, -0.25) is 19.3 Å². The Labute approximate surface area is 236 Å². The fourth-order valence-electron chi connectivity index (χ4n) is 9.19. The van der Waals surface area contributed by atoms with E-state index in [9.17, 15) is 24.6 Å². The van der Waals surface area contributed by atoms with Crippen LogP contribution in [0.5, 0.6) is 0 Å². The molecule has 5 aliphatic rings. The smallest absolute Gasteiger partial charge is 0.178 e. The molecule has 2 N–H and O–H groups in total. The fraction of sp³-hybridized carbons (Fsp3) is 0.606. The molecule has 1 aliphatic heterocycles. The Morgan fingerprint density at radius 3 is 2.42 bits per heavy atom. The van der Waals surface area contributed by atoms with E-state index in [1.54, 1.807) is 19.1 Å². The number of hydrogen-bond donors (Lipinski definition) is 2. The van der Waals surface area contributed by atoms with Crippen LogP contribution in [0.15, 0.2) is 48.1 Å². The van der Waals surface area contributed by atoms with Gasteiger partial charge in [0, 0.05) is 54.2 Å². The molecule has 7 heteroatoms. The maximum Gasteiger partial charge on any atom is 0.178 e. The quantitative estimate of drug-likeness (QED) is 0.545. The zero-order valence-corrected chi connectivity index (χ0v) is 23.9. The third-order valence-corrected chi connectivity index (χ3v) is 11.5. The molecule has 1 aromatic rings. The van der Waals surface area contributed by atoms with E-state index in [0.717, 1.165) is 56.7 Å². The van der Waals surface area contributed by atoms with Crippen molar-refractivity contribution in [3.8, 4) is 0 Å². The molecular formula is C33H42N2O5. The van der Waals surface area contributed by atoms with Crippen LogP contribution in [-0.2, 0) is 9.59 Å². The molecule has 1 aromatic carbocycles. The summed E-state index contributed by atoms with van der Waals surface area (Å²) in [7, 11) is 0. The number of allylic oxidation sites excluding steroid dienone is 4. The van der Waals surface area contributed by atoms with Crippen LogP contribution in [0.25, 0.3) is 0 Å². The number of hydrogen-bond acceptors (Lipinski definition) is 7. The molecule has 6 rings (SSSR count). The van der Waals surface area contributed by atoms with Gasteiger partial charge in [0.15, 0.2) is 17.3 Å². The number of ketones is 3. The lowest BCUT2D eigenvalue weighted by molar-refractivity contribution is -0.177. The van der Waals surface area contributed by atoms with Crippen LogP contribution in [-0.4, -0.2) is 76.9 Å². The molecule has 3 saturated carbocycles. The van der Waals surface area contributed by atoms with E-state index in [1.165, 1.54) is 0 Å². The van der Waals surface area contributed by atoms with E-state index in [0.29, 0.717) is 18.4 Å². The first-order valence-corrected chi connectivity index (χ1v) is 14.9. The normalized spacial score (nSPS) is 39.3. The molecule has 6 unspecified atom stereocenters. The topological polar surface area (TPSA) is 98.2 Å². The Hall–Kier alpha value is -2.61. The van der Waals surface area contributed by atoms with Gasteiger partial charge in [0.1, 0.15) is 5.60 Å². The number of piperazine rings is 1. The highest BCUT2D eigenvalue weighted by Gasteiger charge is 2.68. The molecule has 0 bridgehead atoms. The summed E-state index contributed by atoms with van der Waals surface area (Å²) in [5.74, 6) is 0.313. The first-order chi connectivity index (χ1) is 19.0. The zero-order valence-electron chi connectivity index (χ0n) is 23.9. The van der Waals surface area contributed by atoms with Crippen LogP contribution >= 0.6 is 0 Å². The molecule has 7 nitrogen and oxygen atoms in total. The third-order valence-electron chi connectivity index (χ3n) is 11.5. The minimum absolute atomic E-state index is 0.00929. The van der Waals surface area contributed by atoms with E-state index in [2.05, 4.69) is 16.7 Å². The van der Waals surface area contributed by atoms with E-state index in [4.69, 9.17) is 0 Å². The van der Waals surface area contributed by atoms with Gasteiger partial charge in [-0.1, -0.05) is 25.5 Å². The number of carbonyl (C=O) groups is 3. The minimum Gasteiger partial charge on any atom is -0.393 e. The van der Waals surface area contributed by atoms with Gasteiger partial charge in [-0.25, -0.2) is 0 Å². The van der Waals surface area contributed by atoms with Gasteiger partial charge in [-0.05, 0) is 87.3 Å². The van der Waals surface area contributed by atoms with Crippen molar-refractivity contribution < 1.29 is 24.6 Å². The second-order valence-electron chi connectivity index (χ2n) is 13.4. The number of nitrogens with zero attached hydrogens (tertiary/aromatic N) is 2. The maximum absolute atomic E-state index is 13.9. The molecule has 4 fully saturated rings. The first-order valence-electron chi connectivity index (χ1n) is 14.9. The summed E-state index contributed by atoms with van der Waals surface area (Å²) in [5, 5.41) is 23.7. The molecule has 0 aromatic heterocycles. The summed E-state index contributed by atoms with van der Waals surface area (Å²) in [5.41, 5.74) is 0.419. The summed E-state index contributed by atoms with van der Waals surface area (Å²) in [6.07, 6.45) is 8.08. The van der Waals surface area contributed by atoms with Crippen molar-refractivity contribution >= 4 is 23.0 Å². The number of aliphatic hydroxyl groups is 2. The molecule has 0 amide bonds. The van der Waals surface area contributed by atoms with Crippen molar-refractivity contribution in [2.24, 2.45) is 28.6 Å². The molecule has 0 spiro atoms. The summed E-state index contributed by atoms with van der Waals surface area (Å²) >= 11 is 0. The average Bonchev–Trinajstić information content (AvgIpc) is 3.20. The second kappa shape index (κ2) is 9.74. The summed E-state index contributed by atoms with van der Waals surface area (Å²) in [4.78, 5) is 41.9. The van der Waals surface area contributed by atoms with Crippen LogP contribution in [0, 0.1) is 28.6 Å². The highest BCUT2D eigenvalue weighted by molar-refractivity contribution is 6.01. The third kappa shape index (κ3) is 4.15. The standard InChI is InChI=1S/C33H42N2O5/c1-21(36)22-4-7-24(8-5-22)35-16-14-34(15-17-35)20-29(39)33(40)13-11-27-26-9-6-23-18-25(37)10-12-31(23,2)30(26)28(38)19-32(27,33)3/h4-5,7-8,10,12,18,26-28,30,38,40H,6,9,11,13-17,19-20H2,1-3H3/t26?,27?,28?,30?,31?,32?,33-/m0/s1. The summed E-state index contributed by atoms with van der Waals surface area (Å²) < 4.78 is 0. The number of carbonyl (C=O) groups excluding carboxylic acids is 3. The van der Waals surface area contributed by atoms with E-state index >= 15 is 0 Å². The lowest BCUT2D eigenvalue weighted by Crippen LogP contribution is -2.62. The molecule has 40 heavy (non-hydrogen) atoms. The van der Waals surface area contributed by atoms with Gasteiger partial charge in [-0.15, -0.1) is 0 Å². The molecule has 4 aliphatic carbocycles. The highest BCUT2D eigenvalue weighted by atomic mass is 16.3. The Bertz CT molecular complexity index is 1280. The SMILES string of the molecule is CC(=O)c1ccc(N2CCN(CC(=O)[C@@]3(O)CCC4C5CCC6=CC(=O)C=CC6(C)C5C(O)CC43C)CC2)cc1. The number of anilines is 1. The predicted octanol–water partition coefficient (Wildman–Crippen LogP) is 3.59. The van der Waals surface area contributed by atoms with Crippen molar-refractivity contribution in [1.82, 2.24) is 4.90 Å². The number of aliphatic hydroxyl groups excluding tert-OH is 1. The first kappa shape index (κ1) is 27.6. The van der Waals surface area contributed by atoms with Gasteiger partial charge >= 0.3 is 0 Å². The predicted molar refractivity (Wildman–Crippen MR) is 153 cm³/mol. The molecule has 0 radical (unpaired) electrons. The number of fused-ring (bicyclic) bond motifs is 5. The zero-order chi connectivity index (χ0) is 28.4. The number of rotatable bonds is 5. The number of Topliss-reactive ketones (excluding diaryl/α,β-unsaturated/α-hetero) is 2. The average molecular weight is 547 g/mol. The van der Waals surface area contributed by atoms with Gasteiger partial charge in [0.2, 0.25) is 0 Å². The van der Waals surface area contributed by atoms with Crippen LogP contribution < -0.4 is 4.90 Å². The molecule has 7 atom stereocenters. The monoisotopic (exact) mass is 546 g/mol. The van der Waals surface area contributed by atoms with Crippen LogP contribution in [0.2, 0.25) is 0 Å². The van der Waals surface area contributed by atoms with Crippen LogP contribution in [0.4, 0.5) is 5.69 Å². The highest BCUT2D eigenvalue weighted by Crippen LogP contribution is 2.67. The lowest BCUT2D eigenvalue weighted by atomic mass is 9.46. The van der Waals surface area contributed by atoms with E-state index in [1.807, 2.05) is 37.3 Å². The van der Waals surface area contributed by atoms with Crippen LogP contribution in [0.3, 0.4) is 0 Å². The molecule has 1 saturated heterocycles. The largest absolute Gasteiger partial charge is 0.393 e. The van der Waals surface area contributed by atoms with Gasteiger partial charge < -0.3 is 15.1 Å². The Morgan fingerprint density at radius 1 is 1.05 bits per heavy atom. The van der Waals surface area contributed by atoms with Crippen molar-refractivity contribution in [3.05, 3.63) is 53.6 Å². The maximum atomic E-state index is 13.9. The van der Waals surface area contributed by atoms with Crippen molar-refractivity contribution in [2.45, 2.75) is 64.6 Å². The van der Waals surface area contributed by atoms with Gasteiger partial charge in [0.25, 0.3) is 0 Å². The Kier molecular flexibility index (Phi) is 6.71. The van der Waals surface area contributed by atoms with Gasteiger partial charge in [0.05, 0.1) is 12.6 Å². The molecule has 1 heterocycles. The molecule has 214 valence electrons. The Morgan fingerprint density at radius 2 is 1.75 bits per heavy atom. The van der Waals surface area contributed by atoms with Crippen molar-refractivity contribution in [2.75, 3.05) is 37.6 Å². The fourth-order valence-corrected chi connectivity index (χ4v) is 9.19. The lowest BCUT2D eigenvalue weighted by Gasteiger charge is -2.59. The second-order valence-corrected chi connectivity index (χ2v) is 13.4. The summed E-state index contributed by atoms with van der Waals surface area (Å²) in [6, 6.07) is 7.67. The van der Waals surface area contributed by atoms with E-state index < -0.39 is 17.1 Å². The van der Waals surface area contributed by atoms with Crippen LogP contribution in [0.1, 0.15) is 63.2 Å². The van der Waals surface area contributed by atoms with Gasteiger partial charge in [-0.2, -0.15) is 0 Å².